The predicted molar refractivity (Wildman–Crippen MR) is 92.1 cm³/mol. The molecular weight excluding hydrogens is 380 g/mol. The van der Waals surface area contributed by atoms with Crippen LogP contribution in [0.4, 0.5) is 0 Å². The monoisotopic (exact) mass is 394 g/mol. The van der Waals surface area contributed by atoms with Crippen molar-refractivity contribution >= 4 is 39.5 Å². The van der Waals surface area contributed by atoms with Gasteiger partial charge in [0.15, 0.2) is 0 Å². The maximum atomic E-state index is 12.1. The number of amides is 2. The van der Waals surface area contributed by atoms with Crippen LogP contribution in [0.25, 0.3) is 0 Å². The quantitative estimate of drug-likeness (QED) is 0.399. The average Bonchev–Trinajstić information content (AvgIpc) is 2.59. The van der Waals surface area contributed by atoms with Crippen molar-refractivity contribution in [3.63, 3.8) is 0 Å². The van der Waals surface area contributed by atoms with Crippen LogP contribution in [0.15, 0.2) is 64.0 Å². The molecular formula is C16H15BrN2O3S. The van der Waals surface area contributed by atoms with Crippen LogP contribution in [0.3, 0.4) is 0 Å². The van der Waals surface area contributed by atoms with E-state index in [4.69, 9.17) is 5.21 Å². The molecule has 0 bridgehead atoms. The molecule has 0 heterocycles. The summed E-state index contributed by atoms with van der Waals surface area (Å²) < 4.78 is 0.857. The van der Waals surface area contributed by atoms with Gasteiger partial charge in [0, 0.05) is 9.37 Å². The van der Waals surface area contributed by atoms with E-state index in [-0.39, 0.29) is 11.7 Å². The number of carbonyl (C=O) groups is 2. The second kappa shape index (κ2) is 8.71. The minimum atomic E-state index is -0.947. The number of hydrogen-bond donors (Lipinski definition) is 3. The van der Waals surface area contributed by atoms with Gasteiger partial charge in [-0.1, -0.05) is 46.3 Å². The van der Waals surface area contributed by atoms with E-state index in [9.17, 15) is 9.59 Å². The third-order valence-electron chi connectivity index (χ3n) is 2.99. The summed E-state index contributed by atoms with van der Waals surface area (Å²) in [5.41, 5.74) is 2.17. The summed E-state index contributed by atoms with van der Waals surface area (Å²) in [6.07, 6.45) is 0. The first-order valence-electron chi connectivity index (χ1n) is 6.77. The summed E-state index contributed by atoms with van der Waals surface area (Å²) in [5, 5.41) is 11.5. The normalized spacial score (nSPS) is 11.6. The molecule has 0 aliphatic rings. The van der Waals surface area contributed by atoms with Crippen LogP contribution in [0.1, 0.15) is 11.6 Å². The van der Waals surface area contributed by atoms with Gasteiger partial charge in [-0.05, 0) is 29.8 Å². The number of halogens is 1. The van der Waals surface area contributed by atoms with Gasteiger partial charge in [0.2, 0.25) is 5.91 Å². The fourth-order valence-electron chi connectivity index (χ4n) is 1.89. The van der Waals surface area contributed by atoms with Gasteiger partial charge in [-0.15, -0.1) is 11.8 Å². The number of thioether (sulfide) groups is 1. The lowest BCUT2D eigenvalue weighted by molar-refractivity contribution is -0.134. The Labute approximate surface area is 146 Å². The van der Waals surface area contributed by atoms with Gasteiger partial charge in [0.1, 0.15) is 6.04 Å². The highest BCUT2D eigenvalue weighted by molar-refractivity contribution is 9.10. The molecule has 23 heavy (non-hydrogen) atoms. The van der Waals surface area contributed by atoms with E-state index >= 15 is 0 Å². The van der Waals surface area contributed by atoms with Crippen molar-refractivity contribution in [1.29, 1.82) is 0 Å². The van der Waals surface area contributed by atoms with Crippen LogP contribution in [-0.4, -0.2) is 22.8 Å². The molecule has 2 aromatic carbocycles. The van der Waals surface area contributed by atoms with E-state index in [1.165, 1.54) is 11.8 Å². The molecule has 2 amide bonds. The molecule has 1 atom stereocenters. The average molecular weight is 395 g/mol. The van der Waals surface area contributed by atoms with E-state index < -0.39 is 11.9 Å². The summed E-state index contributed by atoms with van der Waals surface area (Å²) in [6, 6.07) is 15.5. The second-order valence-electron chi connectivity index (χ2n) is 4.63. The highest BCUT2D eigenvalue weighted by atomic mass is 79.9. The topological polar surface area (TPSA) is 78.4 Å². The molecule has 7 heteroatoms. The molecule has 1 unspecified atom stereocenters. The van der Waals surface area contributed by atoms with Crippen molar-refractivity contribution in [1.82, 2.24) is 10.8 Å². The first-order chi connectivity index (χ1) is 11.1. The number of hydroxylamine groups is 1. The molecule has 2 aromatic rings. The van der Waals surface area contributed by atoms with Gasteiger partial charge in [-0.3, -0.25) is 14.8 Å². The van der Waals surface area contributed by atoms with Gasteiger partial charge < -0.3 is 5.32 Å². The minimum absolute atomic E-state index is 0.176. The van der Waals surface area contributed by atoms with Crippen molar-refractivity contribution in [2.75, 3.05) is 5.75 Å². The smallest absolute Gasteiger partial charge is 0.270 e. The molecule has 120 valence electrons. The zero-order valence-corrected chi connectivity index (χ0v) is 14.4. The summed E-state index contributed by atoms with van der Waals surface area (Å²) >= 11 is 4.68. The largest absolute Gasteiger partial charge is 0.340 e. The molecule has 5 nitrogen and oxygen atoms in total. The Morgan fingerprint density at radius 3 is 2.35 bits per heavy atom. The number of carbonyl (C=O) groups excluding carboxylic acids is 2. The zero-order valence-electron chi connectivity index (χ0n) is 12.0. The number of nitrogens with one attached hydrogen (secondary N) is 2. The summed E-state index contributed by atoms with van der Waals surface area (Å²) in [7, 11) is 0. The Bertz CT molecular complexity index is 665. The summed E-state index contributed by atoms with van der Waals surface area (Å²) in [4.78, 5) is 24.9. The second-order valence-corrected chi connectivity index (χ2v) is 6.59. The Kier molecular flexibility index (Phi) is 6.64. The van der Waals surface area contributed by atoms with Crippen molar-refractivity contribution in [2.24, 2.45) is 0 Å². The highest BCUT2D eigenvalue weighted by Crippen LogP contribution is 2.19. The fourth-order valence-corrected chi connectivity index (χ4v) is 2.88. The molecule has 0 aromatic heterocycles. The molecule has 0 aliphatic heterocycles. The fraction of sp³-hybridized carbons (Fsp3) is 0.125. The van der Waals surface area contributed by atoms with E-state index in [2.05, 4.69) is 21.2 Å². The lowest BCUT2D eigenvalue weighted by Crippen LogP contribution is -2.40. The van der Waals surface area contributed by atoms with Crippen LogP contribution in [0.5, 0.6) is 0 Å². The van der Waals surface area contributed by atoms with Crippen LogP contribution in [0, 0.1) is 0 Å². The van der Waals surface area contributed by atoms with E-state index in [1.54, 1.807) is 29.7 Å². The molecule has 0 aliphatic carbocycles. The first kappa shape index (κ1) is 17.5. The summed E-state index contributed by atoms with van der Waals surface area (Å²) in [6.45, 7) is 0. The van der Waals surface area contributed by atoms with Gasteiger partial charge in [0.05, 0.1) is 5.75 Å². The third-order valence-corrected chi connectivity index (χ3v) is 4.53. The van der Waals surface area contributed by atoms with Crippen molar-refractivity contribution in [3.8, 4) is 0 Å². The maximum Gasteiger partial charge on any atom is 0.270 e. The van der Waals surface area contributed by atoms with Gasteiger partial charge in [-0.25, -0.2) is 5.48 Å². The van der Waals surface area contributed by atoms with Gasteiger partial charge >= 0.3 is 0 Å². The Hall–Kier alpha value is -1.83. The minimum Gasteiger partial charge on any atom is -0.340 e. The standard InChI is InChI=1S/C16H15BrN2O3S/c17-12-8-6-11(7-9-12)15(16(21)19-22)18-14(20)10-23-13-4-2-1-3-5-13/h1-9,15,22H,10H2,(H,18,20)(H,19,21). The van der Waals surface area contributed by atoms with E-state index in [0.29, 0.717) is 5.56 Å². The first-order valence-corrected chi connectivity index (χ1v) is 8.54. The van der Waals surface area contributed by atoms with Crippen LogP contribution in [-0.2, 0) is 9.59 Å². The lowest BCUT2D eigenvalue weighted by Gasteiger charge is -2.17. The molecule has 0 radical (unpaired) electrons. The third kappa shape index (κ3) is 5.38. The molecule has 0 spiro atoms. The van der Waals surface area contributed by atoms with Crippen LogP contribution in [0.2, 0.25) is 0 Å². The molecule has 0 fully saturated rings. The van der Waals surface area contributed by atoms with Crippen molar-refractivity contribution in [2.45, 2.75) is 10.9 Å². The SMILES string of the molecule is O=C(CSc1ccccc1)NC(C(=O)NO)c1ccc(Br)cc1. The Balaban J connectivity index is 2.01. The van der Waals surface area contributed by atoms with E-state index in [0.717, 1.165) is 9.37 Å². The van der Waals surface area contributed by atoms with E-state index in [1.807, 2.05) is 30.3 Å². The Morgan fingerprint density at radius 2 is 1.74 bits per heavy atom. The van der Waals surface area contributed by atoms with Crippen LogP contribution < -0.4 is 10.8 Å². The van der Waals surface area contributed by atoms with Gasteiger partial charge in [-0.2, -0.15) is 0 Å². The zero-order chi connectivity index (χ0) is 16.7. The van der Waals surface area contributed by atoms with Crippen molar-refractivity contribution in [3.05, 3.63) is 64.6 Å². The molecule has 0 saturated heterocycles. The van der Waals surface area contributed by atoms with Gasteiger partial charge in [0.25, 0.3) is 5.91 Å². The number of benzene rings is 2. The number of hydrogen-bond acceptors (Lipinski definition) is 4. The number of rotatable bonds is 6. The molecule has 3 N–H and O–H groups in total. The Morgan fingerprint density at radius 1 is 1.09 bits per heavy atom. The van der Waals surface area contributed by atoms with Crippen molar-refractivity contribution < 1.29 is 14.8 Å². The lowest BCUT2D eigenvalue weighted by atomic mass is 10.1. The van der Waals surface area contributed by atoms with Crippen LogP contribution >= 0.6 is 27.7 Å². The highest BCUT2D eigenvalue weighted by Gasteiger charge is 2.22. The maximum absolute atomic E-state index is 12.1. The predicted octanol–water partition coefficient (Wildman–Crippen LogP) is 2.90. The molecule has 2 rings (SSSR count). The summed E-state index contributed by atoms with van der Waals surface area (Å²) in [5.74, 6) is -0.809. The molecule has 0 saturated carbocycles.